The van der Waals surface area contributed by atoms with Gasteiger partial charge in [0.2, 0.25) is 0 Å². The molecule has 2 aromatic rings. The largest absolute Gasteiger partial charge is 0.694 e. The maximum atomic E-state index is 12.2. The number of nitrogens with one attached hydrogen (secondary N) is 2. The maximum Gasteiger partial charge on any atom is 0.694 e. The van der Waals surface area contributed by atoms with Crippen LogP contribution in [0.25, 0.3) is 0 Å². The van der Waals surface area contributed by atoms with Crippen LogP contribution in [0.4, 0.5) is 5.69 Å². The van der Waals surface area contributed by atoms with E-state index in [1.807, 2.05) is 19.2 Å². The van der Waals surface area contributed by atoms with Gasteiger partial charge in [-0.2, -0.15) is 13.1 Å². The van der Waals surface area contributed by atoms with Crippen molar-refractivity contribution < 1.29 is 22.4 Å². The lowest BCUT2D eigenvalue weighted by Gasteiger charge is -2.33. The van der Waals surface area contributed by atoms with Crippen LogP contribution in [-0.4, -0.2) is 45.0 Å². The molecular weight excluding hydrogens is 472 g/mol. The molecular formula is C18H21Cl2N3O5PS+. The van der Waals surface area contributed by atoms with E-state index in [9.17, 15) is 13.0 Å². The molecule has 2 atom stereocenters. The highest BCUT2D eigenvalue weighted by Crippen LogP contribution is 2.38. The summed E-state index contributed by atoms with van der Waals surface area (Å²) in [6, 6.07) is 10.7. The van der Waals surface area contributed by atoms with Gasteiger partial charge in [-0.25, -0.2) is 0 Å². The van der Waals surface area contributed by atoms with Gasteiger partial charge in [0.05, 0.1) is 5.69 Å². The van der Waals surface area contributed by atoms with Gasteiger partial charge in [0.1, 0.15) is 6.61 Å². The fourth-order valence-electron chi connectivity index (χ4n) is 3.44. The van der Waals surface area contributed by atoms with E-state index in [4.69, 9.17) is 28.1 Å². The van der Waals surface area contributed by atoms with E-state index in [0.29, 0.717) is 22.3 Å². The van der Waals surface area contributed by atoms with Crippen LogP contribution in [0.3, 0.4) is 0 Å². The lowest BCUT2D eigenvalue weighted by atomic mass is 9.84. The second kappa shape index (κ2) is 9.89. The summed E-state index contributed by atoms with van der Waals surface area (Å²) >= 11 is 12.6. The van der Waals surface area contributed by atoms with Crippen molar-refractivity contribution in [2.45, 2.75) is 12.5 Å². The fraction of sp³-hybridized carbons (Fsp3) is 0.333. The highest BCUT2D eigenvalue weighted by atomic mass is 35.5. The Labute approximate surface area is 186 Å². The second-order valence-corrected chi connectivity index (χ2v) is 9.98. The van der Waals surface area contributed by atoms with E-state index in [0.717, 1.165) is 23.2 Å². The van der Waals surface area contributed by atoms with Crippen molar-refractivity contribution in [3.63, 3.8) is 0 Å². The predicted octanol–water partition coefficient (Wildman–Crippen LogP) is 3.48. The van der Waals surface area contributed by atoms with Crippen LogP contribution in [0.15, 0.2) is 36.4 Å². The topological polar surface area (TPSA) is 108 Å². The highest BCUT2D eigenvalue weighted by molar-refractivity contribution is 7.90. The molecule has 8 nitrogen and oxygen atoms in total. The number of rotatable bonds is 8. The molecule has 0 aromatic heterocycles. The minimum atomic E-state index is -3.87. The molecule has 0 fully saturated rings. The van der Waals surface area contributed by atoms with Crippen molar-refractivity contribution in [1.82, 2.24) is 9.62 Å². The van der Waals surface area contributed by atoms with Crippen LogP contribution in [0, 0.1) is 0 Å². The van der Waals surface area contributed by atoms with Crippen molar-refractivity contribution >= 4 is 47.4 Å². The minimum absolute atomic E-state index is 0.0263. The number of halogens is 2. The maximum absolute atomic E-state index is 12.2. The Hall–Kier alpha value is -1.29. The fourth-order valence-corrected chi connectivity index (χ4v) is 5.12. The number of hydrogen-bond acceptors (Lipinski definition) is 5. The number of anilines is 1. The third-order valence-corrected chi connectivity index (χ3v) is 6.68. The van der Waals surface area contributed by atoms with Crippen LogP contribution in [0.1, 0.15) is 22.6 Å². The molecule has 0 spiro atoms. The zero-order chi connectivity index (χ0) is 21.9. The lowest BCUT2D eigenvalue weighted by molar-refractivity contribution is 0.286. The van der Waals surface area contributed by atoms with E-state index < -0.39 is 18.5 Å². The molecule has 3 N–H and O–H groups in total. The molecule has 0 saturated heterocycles. The summed E-state index contributed by atoms with van der Waals surface area (Å²) in [5, 5.41) is 1.17. The van der Waals surface area contributed by atoms with Gasteiger partial charge in [-0.3, -0.25) is 4.72 Å². The third-order valence-electron chi connectivity index (χ3n) is 4.63. The predicted molar refractivity (Wildman–Crippen MR) is 117 cm³/mol. The molecule has 0 aliphatic carbocycles. The van der Waals surface area contributed by atoms with Crippen LogP contribution in [0.2, 0.25) is 10.0 Å². The highest BCUT2D eigenvalue weighted by Gasteiger charge is 2.27. The van der Waals surface area contributed by atoms with Crippen LogP contribution in [0.5, 0.6) is 0 Å². The Morgan fingerprint density at radius 3 is 2.80 bits per heavy atom. The summed E-state index contributed by atoms with van der Waals surface area (Å²) in [7, 11) is -4.64. The molecule has 1 aliphatic rings. The standard InChI is InChI=1S/C18H20Cl2N3O5PS/c1-23-10-16(15-8-13(19)9-18(20)17(15)11-23)12-3-2-4-14(7-12)22-30(26,27)21-5-6-28-29(24)25/h2-4,7-9,16,21-22H,5-6,10-11H2,1H3/p+1. The van der Waals surface area contributed by atoms with Crippen molar-refractivity contribution in [3.05, 3.63) is 63.1 Å². The van der Waals surface area contributed by atoms with Crippen molar-refractivity contribution in [2.75, 3.05) is 31.5 Å². The van der Waals surface area contributed by atoms with E-state index in [2.05, 4.69) is 18.9 Å². The first kappa shape index (κ1) is 23.4. The molecule has 0 bridgehead atoms. The number of nitrogens with zero attached hydrogens (tertiary/aromatic N) is 1. The van der Waals surface area contributed by atoms with Crippen molar-refractivity contribution in [2.24, 2.45) is 0 Å². The normalized spacial score (nSPS) is 17.5. The SMILES string of the molecule is CN1Cc2c(Cl)cc(Cl)cc2C(c2cccc(NS(=O)(=O)NCCO[P+](=O)O)c2)C1. The second-order valence-electron chi connectivity index (χ2n) is 6.90. The summed E-state index contributed by atoms with van der Waals surface area (Å²) in [4.78, 5) is 10.7. The van der Waals surface area contributed by atoms with Crippen molar-refractivity contribution in [3.8, 4) is 0 Å². The Bertz CT molecular complexity index is 1050. The summed E-state index contributed by atoms with van der Waals surface area (Å²) in [6.07, 6.45) is 0. The summed E-state index contributed by atoms with van der Waals surface area (Å²) in [6.45, 7) is 1.07. The molecule has 162 valence electrons. The Morgan fingerprint density at radius 1 is 1.30 bits per heavy atom. The summed E-state index contributed by atoms with van der Waals surface area (Å²) in [5.74, 6) is -0.0263. The lowest BCUT2D eigenvalue weighted by Crippen LogP contribution is -2.33. The zero-order valence-electron chi connectivity index (χ0n) is 16.0. The van der Waals surface area contributed by atoms with Gasteiger partial charge in [-0.15, -0.1) is 9.42 Å². The van der Waals surface area contributed by atoms with E-state index in [-0.39, 0.29) is 19.1 Å². The molecule has 0 radical (unpaired) electrons. The molecule has 12 heteroatoms. The van der Waals surface area contributed by atoms with Gasteiger partial charge < -0.3 is 4.90 Å². The van der Waals surface area contributed by atoms with Gasteiger partial charge in [-0.05, 0) is 48.0 Å². The molecule has 0 amide bonds. The molecule has 30 heavy (non-hydrogen) atoms. The van der Waals surface area contributed by atoms with E-state index in [1.54, 1.807) is 24.3 Å². The third kappa shape index (κ3) is 6.12. The van der Waals surface area contributed by atoms with E-state index >= 15 is 0 Å². The van der Waals surface area contributed by atoms with Crippen LogP contribution in [-0.2, 0) is 25.8 Å². The smallest absolute Gasteiger partial charge is 0.301 e. The first-order valence-electron chi connectivity index (χ1n) is 8.97. The molecule has 2 aromatic carbocycles. The molecule has 0 saturated carbocycles. The molecule has 1 heterocycles. The zero-order valence-corrected chi connectivity index (χ0v) is 19.2. The number of hydrogen-bond donors (Lipinski definition) is 3. The van der Waals surface area contributed by atoms with Gasteiger partial charge >= 0.3 is 8.25 Å². The molecule has 1 aliphatic heterocycles. The number of benzene rings is 2. The van der Waals surface area contributed by atoms with Crippen molar-refractivity contribution in [1.29, 1.82) is 0 Å². The summed E-state index contributed by atoms with van der Waals surface area (Å²) in [5.41, 5.74) is 3.34. The van der Waals surface area contributed by atoms with Gasteiger partial charge in [0.15, 0.2) is 0 Å². The van der Waals surface area contributed by atoms with Gasteiger partial charge in [0, 0.05) is 40.2 Å². The van der Waals surface area contributed by atoms with Crippen LogP contribution >= 0.6 is 31.5 Å². The average molecular weight is 493 g/mol. The average Bonchev–Trinajstić information content (AvgIpc) is 2.65. The Morgan fingerprint density at radius 2 is 2.07 bits per heavy atom. The Kier molecular flexibility index (Phi) is 7.71. The summed E-state index contributed by atoms with van der Waals surface area (Å²) < 4.78 is 44.0. The number of fused-ring (bicyclic) bond motifs is 1. The Balaban J connectivity index is 1.80. The quantitative estimate of drug-likeness (QED) is 0.384. The van der Waals surface area contributed by atoms with Gasteiger partial charge in [0.25, 0.3) is 10.2 Å². The minimum Gasteiger partial charge on any atom is -0.301 e. The molecule has 3 rings (SSSR count). The first-order valence-corrected chi connectivity index (χ1v) is 12.3. The number of likely N-dealkylation sites (N-methyl/N-ethyl adjacent to an activating group) is 1. The van der Waals surface area contributed by atoms with Gasteiger partial charge in [-0.1, -0.05) is 35.3 Å². The molecule has 2 unspecified atom stereocenters. The first-order chi connectivity index (χ1) is 14.1. The van der Waals surface area contributed by atoms with Crippen LogP contribution < -0.4 is 9.44 Å². The monoisotopic (exact) mass is 492 g/mol. The van der Waals surface area contributed by atoms with E-state index in [1.165, 1.54) is 0 Å².